The van der Waals surface area contributed by atoms with Gasteiger partial charge in [-0.15, -0.1) is 0 Å². The summed E-state index contributed by atoms with van der Waals surface area (Å²) in [7, 11) is 0. The average Bonchev–Trinajstić information content (AvgIpc) is 3.45. The van der Waals surface area contributed by atoms with Crippen LogP contribution in [0.3, 0.4) is 0 Å². The lowest BCUT2D eigenvalue weighted by atomic mass is 10.1. The maximum Gasteiger partial charge on any atom is 0.230 e. The molecule has 1 N–H and O–H groups in total. The van der Waals surface area contributed by atoms with Crippen molar-refractivity contribution in [2.24, 2.45) is 11.8 Å². The van der Waals surface area contributed by atoms with E-state index in [-0.39, 0.29) is 23.7 Å². The van der Waals surface area contributed by atoms with Gasteiger partial charge in [-0.25, -0.2) is 0 Å². The van der Waals surface area contributed by atoms with Crippen LogP contribution in [-0.2, 0) is 16.0 Å². The molecule has 0 aromatic heterocycles. The van der Waals surface area contributed by atoms with E-state index < -0.39 is 0 Å². The van der Waals surface area contributed by atoms with Gasteiger partial charge in [-0.05, 0) is 49.6 Å². The fourth-order valence-corrected chi connectivity index (χ4v) is 3.09. The first-order valence-corrected chi connectivity index (χ1v) is 8.90. The summed E-state index contributed by atoms with van der Waals surface area (Å²) in [5, 5.41) is 2.93. The van der Waals surface area contributed by atoms with E-state index in [0.29, 0.717) is 13.0 Å². The molecule has 4 nitrogen and oxygen atoms in total. The molecule has 1 aliphatic carbocycles. The molecule has 130 valence electrons. The van der Waals surface area contributed by atoms with Crippen LogP contribution in [0, 0.1) is 11.8 Å². The molecule has 0 aliphatic heterocycles. The predicted octanol–water partition coefficient (Wildman–Crippen LogP) is 3.88. The number of nitrogens with one attached hydrogen (secondary N) is 1. The lowest BCUT2D eigenvalue weighted by Crippen LogP contribution is -2.33. The molecule has 1 aliphatic rings. The third kappa shape index (κ3) is 3.90. The molecular formula is C21H24N2O2. The molecule has 0 radical (unpaired) electrons. The Kier molecular flexibility index (Phi) is 5.17. The number of para-hydroxylation sites is 1. The van der Waals surface area contributed by atoms with Crippen LogP contribution in [0.1, 0.15) is 25.8 Å². The molecular weight excluding hydrogens is 312 g/mol. The molecule has 0 bridgehead atoms. The van der Waals surface area contributed by atoms with Gasteiger partial charge >= 0.3 is 0 Å². The number of anilines is 2. The topological polar surface area (TPSA) is 49.4 Å². The van der Waals surface area contributed by atoms with E-state index >= 15 is 0 Å². The zero-order valence-corrected chi connectivity index (χ0v) is 14.7. The zero-order valence-electron chi connectivity index (χ0n) is 14.7. The predicted molar refractivity (Wildman–Crippen MR) is 101 cm³/mol. The van der Waals surface area contributed by atoms with Crippen molar-refractivity contribution in [3.8, 4) is 0 Å². The quantitative estimate of drug-likeness (QED) is 0.870. The highest BCUT2D eigenvalue weighted by molar-refractivity contribution is 6.04. The van der Waals surface area contributed by atoms with Crippen LogP contribution in [0.15, 0.2) is 54.6 Å². The fourth-order valence-electron chi connectivity index (χ4n) is 3.09. The monoisotopic (exact) mass is 336 g/mol. The molecule has 0 spiro atoms. The van der Waals surface area contributed by atoms with Gasteiger partial charge in [-0.1, -0.05) is 37.3 Å². The Labute approximate surface area is 148 Å². The molecule has 0 saturated heterocycles. The molecule has 2 aromatic rings. The molecule has 0 heterocycles. The van der Waals surface area contributed by atoms with E-state index in [9.17, 15) is 9.59 Å². The third-order valence-corrected chi connectivity index (χ3v) is 4.72. The van der Waals surface area contributed by atoms with Crippen molar-refractivity contribution in [1.82, 2.24) is 0 Å². The van der Waals surface area contributed by atoms with Gasteiger partial charge in [0.1, 0.15) is 0 Å². The number of rotatable bonds is 6. The second-order valence-corrected chi connectivity index (χ2v) is 6.41. The van der Waals surface area contributed by atoms with Crippen molar-refractivity contribution < 1.29 is 9.59 Å². The maximum atomic E-state index is 12.7. The summed E-state index contributed by atoms with van der Waals surface area (Å²) < 4.78 is 0. The van der Waals surface area contributed by atoms with Crippen molar-refractivity contribution in [3.05, 3.63) is 60.2 Å². The number of carbonyl (C=O) groups excluding carboxylic acids is 2. The average molecular weight is 336 g/mol. The molecule has 2 unspecified atom stereocenters. The van der Waals surface area contributed by atoms with Crippen LogP contribution in [0.2, 0.25) is 0 Å². The van der Waals surface area contributed by atoms with Crippen LogP contribution in [0.4, 0.5) is 11.4 Å². The summed E-state index contributed by atoms with van der Waals surface area (Å²) in [5.41, 5.74) is 2.91. The standard InChI is InChI=1S/C21H24N2O2/c1-3-15-10-12-16(13-11-15)22-20(24)18-14-19(18)21(25)23(4-2)17-8-6-5-7-9-17/h5-13,18-19H,3-4,14H2,1-2H3,(H,22,24). The number of hydrogen-bond acceptors (Lipinski definition) is 2. The smallest absolute Gasteiger partial charge is 0.230 e. The first-order chi connectivity index (χ1) is 12.1. The lowest BCUT2D eigenvalue weighted by molar-refractivity contribution is -0.123. The highest BCUT2D eigenvalue weighted by Gasteiger charge is 2.49. The van der Waals surface area contributed by atoms with Crippen LogP contribution in [0.25, 0.3) is 0 Å². The van der Waals surface area contributed by atoms with E-state index in [4.69, 9.17) is 0 Å². The minimum Gasteiger partial charge on any atom is -0.326 e. The Morgan fingerprint density at radius 2 is 1.68 bits per heavy atom. The maximum absolute atomic E-state index is 12.7. The van der Waals surface area contributed by atoms with Gasteiger partial charge in [0.05, 0.1) is 11.8 Å². The third-order valence-electron chi connectivity index (χ3n) is 4.72. The molecule has 2 amide bonds. The van der Waals surface area contributed by atoms with Gasteiger partial charge < -0.3 is 10.2 Å². The van der Waals surface area contributed by atoms with Crippen molar-refractivity contribution in [3.63, 3.8) is 0 Å². The van der Waals surface area contributed by atoms with Crippen LogP contribution in [-0.4, -0.2) is 18.4 Å². The van der Waals surface area contributed by atoms with Gasteiger partial charge in [-0.3, -0.25) is 9.59 Å². The molecule has 1 saturated carbocycles. The van der Waals surface area contributed by atoms with Crippen molar-refractivity contribution >= 4 is 23.2 Å². The number of carbonyl (C=O) groups is 2. The van der Waals surface area contributed by atoms with Crippen LogP contribution in [0.5, 0.6) is 0 Å². The Morgan fingerprint density at radius 1 is 1.00 bits per heavy atom. The summed E-state index contributed by atoms with van der Waals surface area (Å²) >= 11 is 0. The van der Waals surface area contributed by atoms with Gasteiger partial charge in [0.2, 0.25) is 11.8 Å². The van der Waals surface area contributed by atoms with E-state index in [1.165, 1.54) is 5.56 Å². The zero-order chi connectivity index (χ0) is 17.8. The first kappa shape index (κ1) is 17.2. The minimum atomic E-state index is -0.226. The Bertz CT molecular complexity index is 740. The van der Waals surface area contributed by atoms with E-state index in [0.717, 1.165) is 17.8 Å². The number of aryl methyl sites for hydroxylation is 1. The van der Waals surface area contributed by atoms with Gasteiger partial charge in [0.25, 0.3) is 0 Å². The van der Waals surface area contributed by atoms with Gasteiger partial charge in [0, 0.05) is 17.9 Å². The second kappa shape index (κ2) is 7.51. The molecule has 2 aromatic carbocycles. The number of benzene rings is 2. The van der Waals surface area contributed by atoms with E-state index in [2.05, 4.69) is 12.2 Å². The van der Waals surface area contributed by atoms with Crippen LogP contribution >= 0.6 is 0 Å². The molecule has 4 heteroatoms. The summed E-state index contributed by atoms with van der Waals surface area (Å²) in [6.45, 7) is 4.66. The summed E-state index contributed by atoms with van der Waals surface area (Å²) in [6.07, 6.45) is 1.60. The molecule has 3 rings (SSSR count). The fraction of sp³-hybridized carbons (Fsp3) is 0.333. The van der Waals surface area contributed by atoms with Crippen LogP contribution < -0.4 is 10.2 Å². The van der Waals surface area contributed by atoms with Crippen molar-refractivity contribution in [2.45, 2.75) is 26.7 Å². The van der Waals surface area contributed by atoms with E-state index in [1.54, 1.807) is 4.90 Å². The molecule has 25 heavy (non-hydrogen) atoms. The first-order valence-electron chi connectivity index (χ1n) is 8.90. The lowest BCUT2D eigenvalue weighted by Gasteiger charge is -2.21. The molecule has 1 fully saturated rings. The minimum absolute atomic E-state index is 0.0372. The number of nitrogens with zero attached hydrogens (tertiary/aromatic N) is 1. The van der Waals surface area contributed by atoms with Gasteiger partial charge in [0.15, 0.2) is 0 Å². The Balaban J connectivity index is 1.60. The largest absolute Gasteiger partial charge is 0.326 e. The highest BCUT2D eigenvalue weighted by Crippen LogP contribution is 2.41. The van der Waals surface area contributed by atoms with Gasteiger partial charge in [-0.2, -0.15) is 0 Å². The van der Waals surface area contributed by atoms with Crippen molar-refractivity contribution in [1.29, 1.82) is 0 Å². The Morgan fingerprint density at radius 3 is 2.28 bits per heavy atom. The summed E-state index contributed by atoms with van der Waals surface area (Å²) in [4.78, 5) is 26.9. The van der Waals surface area contributed by atoms with Crippen molar-refractivity contribution in [2.75, 3.05) is 16.8 Å². The van der Waals surface area contributed by atoms with E-state index in [1.807, 2.05) is 61.5 Å². The summed E-state index contributed by atoms with van der Waals surface area (Å²) in [6, 6.07) is 17.5. The second-order valence-electron chi connectivity index (χ2n) is 6.41. The normalized spacial score (nSPS) is 18.5. The highest BCUT2D eigenvalue weighted by atomic mass is 16.2. The SMILES string of the molecule is CCc1ccc(NC(=O)C2CC2C(=O)N(CC)c2ccccc2)cc1. The molecule has 2 atom stereocenters. The Hall–Kier alpha value is -2.62. The summed E-state index contributed by atoms with van der Waals surface area (Å²) in [5.74, 6) is -0.465. The number of hydrogen-bond donors (Lipinski definition) is 1. The number of amides is 2.